The lowest BCUT2D eigenvalue weighted by Gasteiger charge is -2.29. The zero-order chi connectivity index (χ0) is 14.3. The van der Waals surface area contributed by atoms with Crippen molar-refractivity contribution in [3.8, 4) is 11.3 Å². The summed E-state index contributed by atoms with van der Waals surface area (Å²) in [6, 6.07) is 8.46. The second-order valence-corrected chi connectivity index (χ2v) is 7.15. The van der Waals surface area contributed by atoms with Gasteiger partial charge in [-0.1, -0.05) is 48.8 Å². The molecule has 3 heteroatoms. The van der Waals surface area contributed by atoms with E-state index in [1.54, 1.807) is 0 Å². The number of benzene rings is 1. The van der Waals surface area contributed by atoms with Crippen molar-refractivity contribution in [1.29, 1.82) is 0 Å². The second-order valence-electron chi connectivity index (χ2n) is 6.24. The van der Waals surface area contributed by atoms with Gasteiger partial charge < -0.3 is 0 Å². The Labute approximate surface area is 129 Å². The van der Waals surface area contributed by atoms with Crippen LogP contribution in [0.1, 0.15) is 56.7 Å². The van der Waals surface area contributed by atoms with E-state index in [1.165, 1.54) is 29.7 Å². The van der Waals surface area contributed by atoms with Crippen LogP contribution in [0, 0.1) is 5.92 Å². The van der Waals surface area contributed by atoms with E-state index in [-0.39, 0.29) is 0 Å². The van der Waals surface area contributed by atoms with Crippen LogP contribution in [0.15, 0.2) is 28.7 Å². The molecule has 1 aromatic heterocycles. The van der Waals surface area contributed by atoms with Crippen LogP contribution in [0.5, 0.6) is 0 Å². The lowest BCUT2D eigenvalue weighted by atomic mass is 9.75. The number of aromatic nitrogens is 2. The fourth-order valence-electron chi connectivity index (χ4n) is 3.36. The van der Waals surface area contributed by atoms with Gasteiger partial charge in [0.2, 0.25) is 0 Å². The number of hydrogen-bond donors (Lipinski definition) is 1. The molecule has 1 aromatic carbocycles. The van der Waals surface area contributed by atoms with Crippen molar-refractivity contribution in [2.45, 2.75) is 45.4 Å². The maximum atomic E-state index is 4.64. The SMILES string of the molecule is CC(C)[C@H]1CC[C@H](C)c2c(-c3ccc(Br)cc3)n[nH]c21. The van der Waals surface area contributed by atoms with Crippen LogP contribution in [-0.4, -0.2) is 10.2 Å². The van der Waals surface area contributed by atoms with Crippen molar-refractivity contribution in [2.24, 2.45) is 5.92 Å². The molecule has 0 bridgehead atoms. The number of H-pyrrole nitrogens is 1. The van der Waals surface area contributed by atoms with Crippen molar-refractivity contribution in [3.05, 3.63) is 40.0 Å². The topological polar surface area (TPSA) is 28.7 Å². The molecule has 1 aliphatic rings. The lowest BCUT2D eigenvalue weighted by molar-refractivity contribution is 0.403. The van der Waals surface area contributed by atoms with Gasteiger partial charge in [-0.2, -0.15) is 5.10 Å². The molecule has 3 rings (SSSR count). The monoisotopic (exact) mass is 332 g/mol. The van der Waals surface area contributed by atoms with Gasteiger partial charge in [0.05, 0.1) is 5.69 Å². The molecule has 2 atom stereocenters. The molecule has 1 N–H and O–H groups in total. The third kappa shape index (κ3) is 2.32. The highest BCUT2D eigenvalue weighted by Gasteiger charge is 2.31. The fourth-order valence-corrected chi connectivity index (χ4v) is 3.62. The average Bonchev–Trinajstić information content (AvgIpc) is 2.85. The van der Waals surface area contributed by atoms with Gasteiger partial charge in [-0.3, -0.25) is 5.10 Å². The van der Waals surface area contributed by atoms with Gasteiger partial charge in [0, 0.05) is 27.2 Å². The van der Waals surface area contributed by atoms with E-state index in [0.717, 1.165) is 10.2 Å². The Bertz CT molecular complexity index is 598. The maximum absolute atomic E-state index is 4.64. The van der Waals surface area contributed by atoms with Crippen LogP contribution < -0.4 is 0 Å². The number of nitrogens with one attached hydrogen (secondary N) is 1. The van der Waals surface area contributed by atoms with Crippen molar-refractivity contribution in [1.82, 2.24) is 10.2 Å². The summed E-state index contributed by atoms with van der Waals surface area (Å²) in [5.74, 6) is 1.88. The van der Waals surface area contributed by atoms with Crippen LogP contribution >= 0.6 is 15.9 Å². The summed E-state index contributed by atoms with van der Waals surface area (Å²) in [4.78, 5) is 0. The molecular formula is C17H21BrN2. The Morgan fingerprint density at radius 3 is 2.55 bits per heavy atom. The number of nitrogens with zero attached hydrogens (tertiary/aromatic N) is 1. The number of aromatic amines is 1. The van der Waals surface area contributed by atoms with E-state index in [2.05, 4.69) is 71.2 Å². The predicted octanol–water partition coefficient (Wildman–Crippen LogP) is 5.48. The fraction of sp³-hybridized carbons (Fsp3) is 0.471. The Kier molecular flexibility index (Phi) is 3.72. The molecule has 0 unspecified atom stereocenters. The van der Waals surface area contributed by atoms with Crippen molar-refractivity contribution in [3.63, 3.8) is 0 Å². The van der Waals surface area contributed by atoms with E-state index in [4.69, 9.17) is 0 Å². The third-order valence-corrected chi connectivity index (χ3v) is 5.06. The first kappa shape index (κ1) is 13.9. The largest absolute Gasteiger partial charge is 0.281 e. The van der Waals surface area contributed by atoms with E-state index >= 15 is 0 Å². The van der Waals surface area contributed by atoms with Crippen LogP contribution in [0.2, 0.25) is 0 Å². The standard InChI is InChI=1S/C17H21BrN2/c1-10(2)14-9-4-11(3)15-16(19-20-17(14)15)12-5-7-13(18)8-6-12/h5-8,10-11,14H,4,9H2,1-3H3,(H,19,20)/t11-,14+/m0/s1. The van der Waals surface area contributed by atoms with E-state index in [1.807, 2.05) is 0 Å². The molecule has 0 saturated carbocycles. The molecule has 0 radical (unpaired) electrons. The third-order valence-electron chi connectivity index (χ3n) is 4.53. The molecule has 20 heavy (non-hydrogen) atoms. The summed E-state index contributed by atoms with van der Waals surface area (Å²) < 4.78 is 1.11. The van der Waals surface area contributed by atoms with Gasteiger partial charge in [0.25, 0.3) is 0 Å². The van der Waals surface area contributed by atoms with Crippen molar-refractivity contribution in [2.75, 3.05) is 0 Å². The summed E-state index contributed by atoms with van der Waals surface area (Å²) >= 11 is 3.50. The highest BCUT2D eigenvalue weighted by molar-refractivity contribution is 9.10. The molecule has 1 heterocycles. The van der Waals surface area contributed by atoms with Gasteiger partial charge in [0.15, 0.2) is 0 Å². The molecule has 2 nitrogen and oxygen atoms in total. The summed E-state index contributed by atoms with van der Waals surface area (Å²) in [5.41, 5.74) is 5.17. The first-order valence-corrected chi connectivity index (χ1v) is 8.21. The zero-order valence-electron chi connectivity index (χ0n) is 12.3. The summed E-state index contributed by atoms with van der Waals surface area (Å²) in [7, 11) is 0. The minimum absolute atomic E-state index is 0.595. The molecule has 0 fully saturated rings. The molecule has 2 aromatic rings. The normalized spacial score (nSPS) is 22.1. The molecule has 0 amide bonds. The van der Waals surface area contributed by atoms with E-state index in [9.17, 15) is 0 Å². The van der Waals surface area contributed by atoms with Crippen LogP contribution in [0.3, 0.4) is 0 Å². The predicted molar refractivity (Wildman–Crippen MR) is 87.0 cm³/mol. The highest BCUT2D eigenvalue weighted by atomic mass is 79.9. The van der Waals surface area contributed by atoms with Gasteiger partial charge in [-0.25, -0.2) is 0 Å². The number of hydrogen-bond acceptors (Lipinski definition) is 1. The maximum Gasteiger partial charge on any atom is 0.0958 e. The number of halogens is 1. The van der Waals surface area contributed by atoms with Crippen LogP contribution in [-0.2, 0) is 0 Å². The number of fused-ring (bicyclic) bond motifs is 1. The molecular weight excluding hydrogens is 312 g/mol. The molecule has 0 aliphatic heterocycles. The molecule has 0 spiro atoms. The minimum atomic E-state index is 0.595. The molecule has 106 valence electrons. The van der Waals surface area contributed by atoms with Crippen molar-refractivity contribution < 1.29 is 0 Å². The first-order chi connectivity index (χ1) is 9.58. The Morgan fingerprint density at radius 1 is 1.20 bits per heavy atom. The van der Waals surface area contributed by atoms with Crippen LogP contribution in [0.25, 0.3) is 11.3 Å². The lowest BCUT2D eigenvalue weighted by Crippen LogP contribution is -2.16. The Morgan fingerprint density at radius 2 is 1.90 bits per heavy atom. The summed E-state index contributed by atoms with van der Waals surface area (Å²) in [6.45, 7) is 6.95. The van der Waals surface area contributed by atoms with Gasteiger partial charge in [0.1, 0.15) is 0 Å². The first-order valence-electron chi connectivity index (χ1n) is 7.42. The van der Waals surface area contributed by atoms with Gasteiger partial charge in [-0.05, 0) is 36.8 Å². The minimum Gasteiger partial charge on any atom is -0.281 e. The Hall–Kier alpha value is -1.09. The summed E-state index contributed by atoms with van der Waals surface area (Å²) in [5, 5.41) is 7.98. The Balaban J connectivity index is 2.08. The van der Waals surface area contributed by atoms with Crippen LogP contribution in [0.4, 0.5) is 0 Å². The van der Waals surface area contributed by atoms with Gasteiger partial charge in [-0.15, -0.1) is 0 Å². The van der Waals surface area contributed by atoms with Gasteiger partial charge >= 0.3 is 0 Å². The summed E-state index contributed by atoms with van der Waals surface area (Å²) in [6.07, 6.45) is 2.53. The zero-order valence-corrected chi connectivity index (χ0v) is 13.9. The molecule has 1 aliphatic carbocycles. The quantitative estimate of drug-likeness (QED) is 0.775. The molecule has 0 saturated heterocycles. The number of rotatable bonds is 2. The average molecular weight is 333 g/mol. The second kappa shape index (κ2) is 5.36. The van der Waals surface area contributed by atoms with E-state index < -0.39 is 0 Å². The van der Waals surface area contributed by atoms with Crippen molar-refractivity contribution >= 4 is 15.9 Å². The van der Waals surface area contributed by atoms with E-state index in [0.29, 0.717) is 17.8 Å². The highest BCUT2D eigenvalue weighted by Crippen LogP contribution is 2.44. The smallest absolute Gasteiger partial charge is 0.0958 e.